The van der Waals surface area contributed by atoms with Crippen molar-refractivity contribution in [1.82, 2.24) is 0 Å². The Morgan fingerprint density at radius 2 is 1.86 bits per heavy atom. The predicted octanol–water partition coefficient (Wildman–Crippen LogP) is 1.33. The van der Waals surface area contributed by atoms with Crippen LogP contribution in [0.15, 0.2) is 0 Å². The van der Waals surface area contributed by atoms with Gasteiger partial charge < -0.3 is 5.73 Å². The van der Waals surface area contributed by atoms with E-state index >= 15 is 0 Å². The molecular weight excluding hydrogens is 198 g/mol. The van der Waals surface area contributed by atoms with Crippen molar-refractivity contribution in [2.75, 3.05) is 12.0 Å². The standard InChI is InChI=1S/C10H21NO2S/c1-9-3-5-10(11,6-4-9)7-8-14(2,12)13/h9H,3-8,11H2,1-2H3. The fourth-order valence-corrected chi connectivity index (χ4v) is 2.75. The van der Waals surface area contributed by atoms with Crippen LogP contribution in [-0.4, -0.2) is 26.0 Å². The molecule has 4 heteroatoms. The lowest BCUT2D eigenvalue weighted by atomic mass is 9.76. The Morgan fingerprint density at radius 1 is 1.36 bits per heavy atom. The summed E-state index contributed by atoms with van der Waals surface area (Å²) in [6.45, 7) is 2.23. The van der Waals surface area contributed by atoms with Gasteiger partial charge >= 0.3 is 0 Å². The smallest absolute Gasteiger partial charge is 0.147 e. The van der Waals surface area contributed by atoms with Crippen LogP contribution in [0.3, 0.4) is 0 Å². The van der Waals surface area contributed by atoms with Crippen molar-refractivity contribution >= 4 is 9.84 Å². The summed E-state index contributed by atoms with van der Waals surface area (Å²) in [6.07, 6.45) is 6.13. The number of hydrogen-bond acceptors (Lipinski definition) is 3. The van der Waals surface area contributed by atoms with E-state index in [1.165, 1.54) is 6.26 Å². The highest BCUT2D eigenvalue weighted by atomic mass is 32.2. The van der Waals surface area contributed by atoms with Crippen LogP contribution < -0.4 is 5.73 Å². The van der Waals surface area contributed by atoms with E-state index in [1.807, 2.05) is 0 Å². The van der Waals surface area contributed by atoms with Gasteiger partial charge in [-0.25, -0.2) is 8.42 Å². The molecule has 1 aliphatic rings. The number of nitrogens with two attached hydrogens (primary N) is 1. The van der Waals surface area contributed by atoms with Gasteiger partial charge in [0.2, 0.25) is 0 Å². The van der Waals surface area contributed by atoms with Crippen LogP contribution in [0.1, 0.15) is 39.0 Å². The topological polar surface area (TPSA) is 60.2 Å². The molecule has 0 saturated heterocycles. The fraction of sp³-hybridized carbons (Fsp3) is 1.00. The van der Waals surface area contributed by atoms with Gasteiger partial charge in [0.1, 0.15) is 9.84 Å². The first-order valence-corrected chi connectivity index (χ1v) is 7.33. The molecule has 1 fully saturated rings. The molecule has 1 aliphatic carbocycles. The molecule has 0 amide bonds. The molecule has 1 rings (SSSR count). The van der Waals surface area contributed by atoms with Crippen LogP contribution in [0.25, 0.3) is 0 Å². The highest BCUT2D eigenvalue weighted by Gasteiger charge is 2.30. The molecule has 0 aromatic heterocycles. The van der Waals surface area contributed by atoms with E-state index in [0.717, 1.165) is 31.6 Å². The van der Waals surface area contributed by atoms with Crippen molar-refractivity contribution in [1.29, 1.82) is 0 Å². The van der Waals surface area contributed by atoms with Gasteiger partial charge in [-0.15, -0.1) is 0 Å². The lowest BCUT2D eigenvalue weighted by Gasteiger charge is -2.36. The van der Waals surface area contributed by atoms with Crippen molar-refractivity contribution in [2.24, 2.45) is 11.7 Å². The Balaban J connectivity index is 2.43. The fourth-order valence-electron chi connectivity index (χ4n) is 1.98. The summed E-state index contributed by atoms with van der Waals surface area (Å²) >= 11 is 0. The second kappa shape index (κ2) is 4.19. The van der Waals surface area contributed by atoms with E-state index in [9.17, 15) is 8.42 Å². The van der Waals surface area contributed by atoms with Crippen LogP contribution in [0.2, 0.25) is 0 Å². The Morgan fingerprint density at radius 3 is 2.29 bits per heavy atom. The number of rotatable bonds is 3. The average Bonchev–Trinajstić information content (AvgIpc) is 2.07. The maximum Gasteiger partial charge on any atom is 0.147 e. The van der Waals surface area contributed by atoms with Gasteiger partial charge in [-0.05, 0) is 38.0 Å². The first-order chi connectivity index (χ1) is 6.31. The Kier molecular flexibility index (Phi) is 3.58. The maximum absolute atomic E-state index is 11.0. The van der Waals surface area contributed by atoms with Crippen molar-refractivity contribution in [3.05, 3.63) is 0 Å². The summed E-state index contributed by atoms with van der Waals surface area (Å²) < 4.78 is 22.0. The number of hydrogen-bond donors (Lipinski definition) is 1. The zero-order chi connectivity index (χ0) is 10.8. The third-order valence-electron chi connectivity index (χ3n) is 3.24. The molecule has 0 aromatic rings. The van der Waals surface area contributed by atoms with Crippen LogP contribution in [0.4, 0.5) is 0 Å². The molecule has 0 radical (unpaired) electrons. The highest BCUT2D eigenvalue weighted by Crippen LogP contribution is 2.32. The van der Waals surface area contributed by atoms with Crippen LogP contribution in [0, 0.1) is 5.92 Å². The summed E-state index contributed by atoms with van der Waals surface area (Å²) in [7, 11) is -2.86. The van der Waals surface area contributed by atoms with E-state index in [1.54, 1.807) is 0 Å². The van der Waals surface area contributed by atoms with E-state index < -0.39 is 9.84 Å². The first kappa shape index (κ1) is 12.0. The lowest BCUT2D eigenvalue weighted by molar-refractivity contribution is 0.239. The van der Waals surface area contributed by atoms with Crippen LogP contribution in [-0.2, 0) is 9.84 Å². The highest BCUT2D eigenvalue weighted by molar-refractivity contribution is 7.90. The van der Waals surface area contributed by atoms with E-state index in [2.05, 4.69) is 6.92 Å². The van der Waals surface area contributed by atoms with Gasteiger partial charge in [0.05, 0.1) is 5.75 Å². The molecule has 3 nitrogen and oxygen atoms in total. The zero-order valence-corrected chi connectivity index (χ0v) is 9.94. The second-order valence-corrected chi connectivity index (χ2v) is 7.18. The molecule has 14 heavy (non-hydrogen) atoms. The SMILES string of the molecule is CC1CCC(N)(CCS(C)(=O)=O)CC1. The zero-order valence-electron chi connectivity index (χ0n) is 9.12. The molecule has 0 aliphatic heterocycles. The van der Waals surface area contributed by atoms with Crippen molar-refractivity contribution < 1.29 is 8.42 Å². The van der Waals surface area contributed by atoms with E-state index in [-0.39, 0.29) is 11.3 Å². The normalized spacial score (nSPS) is 34.4. The van der Waals surface area contributed by atoms with Gasteiger partial charge in [-0.2, -0.15) is 0 Å². The third kappa shape index (κ3) is 3.96. The Labute approximate surface area is 87.0 Å². The molecule has 0 atom stereocenters. The summed E-state index contributed by atoms with van der Waals surface area (Å²) in [5.41, 5.74) is 5.95. The van der Waals surface area contributed by atoms with Gasteiger partial charge in [-0.3, -0.25) is 0 Å². The largest absolute Gasteiger partial charge is 0.325 e. The summed E-state index contributed by atoms with van der Waals surface area (Å²) in [6, 6.07) is 0. The molecular formula is C10H21NO2S. The van der Waals surface area contributed by atoms with Crippen molar-refractivity contribution in [2.45, 2.75) is 44.6 Å². The van der Waals surface area contributed by atoms with Gasteiger partial charge in [0.15, 0.2) is 0 Å². The molecule has 2 N–H and O–H groups in total. The summed E-state index contributed by atoms with van der Waals surface area (Å²) in [5.74, 6) is 0.989. The molecule has 0 heterocycles. The van der Waals surface area contributed by atoms with Crippen LogP contribution in [0.5, 0.6) is 0 Å². The maximum atomic E-state index is 11.0. The minimum atomic E-state index is -2.86. The lowest BCUT2D eigenvalue weighted by Crippen LogP contribution is -2.44. The van der Waals surface area contributed by atoms with Crippen molar-refractivity contribution in [3.63, 3.8) is 0 Å². The molecule has 0 unspecified atom stereocenters. The third-order valence-corrected chi connectivity index (χ3v) is 4.19. The Hall–Kier alpha value is -0.0900. The van der Waals surface area contributed by atoms with E-state index in [0.29, 0.717) is 6.42 Å². The molecule has 1 saturated carbocycles. The quantitative estimate of drug-likeness (QED) is 0.779. The monoisotopic (exact) mass is 219 g/mol. The minimum Gasteiger partial charge on any atom is -0.325 e. The first-order valence-electron chi connectivity index (χ1n) is 5.27. The van der Waals surface area contributed by atoms with Crippen LogP contribution >= 0.6 is 0 Å². The molecule has 84 valence electrons. The molecule has 0 spiro atoms. The van der Waals surface area contributed by atoms with Crippen molar-refractivity contribution in [3.8, 4) is 0 Å². The second-order valence-electron chi connectivity index (χ2n) is 4.92. The number of sulfone groups is 1. The Bertz CT molecular complexity index is 276. The van der Waals surface area contributed by atoms with Gasteiger partial charge in [0, 0.05) is 11.8 Å². The predicted molar refractivity (Wildman–Crippen MR) is 58.9 cm³/mol. The van der Waals surface area contributed by atoms with Gasteiger partial charge in [-0.1, -0.05) is 6.92 Å². The molecule has 0 bridgehead atoms. The van der Waals surface area contributed by atoms with Gasteiger partial charge in [0.25, 0.3) is 0 Å². The summed E-state index contributed by atoms with van der Waals surface area (Å²) in [5, 5.41) is 0. The average molecular weight is 219 g/mol. The van der Waals surface area contributed by atoms with E-state index in [4.69, 9.17) is 5.73 Å². The minimum absolute atomic E-state index is 0.213. The summed E-state index contributed by atoms with van der Waals surface area (Å²) in [4.78, 5) is 0. The molecule has 0 aromatic carbocycles.